The van der Waals surface area contributed by atoms with E-state index in [1.165, 1.54) is 0 Å². The summed E-state index contributed by atoms with van der Waals surface area (Å²) < 4.78 is 12.2. The molecule has 0 aliphatic heterocycles. The van der Waals surface area contributed by atoms with E-state index in [-0.39, 0.29) is 12.4 Å². The Morgan fingerprint density at radius 3 is 2.81 bits per heavy atom. The van der Waals surface area contributed by atoms with Gasteiger partial charge in [0.15, 0.2) is 5.75 Å². The first kappa shape index (κ1) is 13.5. The smallest absolute Gasteiger partial charge is 0.246 e. The molecule has 0 unspecified atom stereocenters. The van der Waals surface area contributed by atoms with Crippen molar-refractivity contribution in [3.05, 3.63) is 58.3 Å². The molecule has 0 amide bonds. The van der Waals surface area contributed by atoms with Crippen LogP contribution in [-0.2, 0) is 6.61 Å². The van der Waals surface area contributed by atoms with Crippen LogP contribution < -0.4 is 10.5 Å². The summed E-state index contributed by atoms with van der Waals surface area (Å²) in [5.74, 6) is 0.627. The highest BCUT2D eigenvalue weighted by Crippen LogP contribution is 2.33. The van der Waals surface area contributed by atoms with Crippen LogP contribution in [0.2, 0.25) is 0 Å². The Balaban J connectivity index is 1.93. The number of ether oxygens (including phenoxy) is 1. The van der Waals surface area contributed by atoms with Gasteiger partial charge in [0.1, 0.15) is 18.3 Å². The molecule has 3 aromatic rings. The molecule has 0 aliphatic rings. The van der Waals surface area contributed by atoms with Gasteiger partial charge in [-0.15, -0.1) is 0 Å². The van der Waals surface area contributed by atoms with E-state index in [9.17, 15) is 0 Å². The quantitative estimate of drug-likeness (QED) is 0.723. The van der Waals surface area contributed by atoms with Gasteiger partial charge in [-0.25, -0.2) is 0 Å². The van der Waals surface area contributed by atoms with Gasteiger partial charge in [-0.05, 0) is 24.3 Å². The average Bonchev–Trinajstić information content (AvgIpc) is 2.84. The van der Waals surface area contributed by atoms with E-state index in [4.69, 9.17) is 20.1 Å². The first-order valence-corrected chi connectivity index (χ1v) is 7.06. The fraction of sp³-hybridized carbons (Fsp3) is 0.0625. The van der Waals surface area contributed by atoms with Crippen molar-refractivity contribution in [2.45, 2.75) is 6.61 Å². The maximum atomic E-state index is 9.15. The number of anilines is 1. The molecule has 1 aromatic heterocycles. The number of hydrogen-bond donors (Lipinski definition) is 1. The first-order chi connectivity index (χ1) is 10.2. The third-order valence-electron chi connectivity index (χ3n) is 3.13. The molecule has 0 aliphatic carbocycles. The summed E-state index contributed by atoms with van der Waals surface area (Å²) in [6.45, 7) is 0.275. The zero-order valence-electron chi connectivity index (χ0n) is 11.0. The van der Waals surface area contributed by atoms with Crippen molar-refractivity contribution in [2.24, 2.45) is 0 Å². The predicted octanol–water partition coefficient (Wildman–Crippen LogP) is 4.23. The number of nitriles is 1. The number of fused-ring (bicyclic) bond motifs is 1. The summed E-state index contributed by atoms with van der Waals surface area (Å²) in [5, 5.41) is 9.94. The number of para-hydroxylation sites is 1. The van der Waals surface area contributed by atoms with Crippen LogP contribution in [0.3, 0.4) is 0 Å². The Hall–Kier alpha value is -2.45. The lowest BCUT2D eigenvalue weighted by molar-refractivity contribution is 0.304. The van der Waals surface area contributed by atoms with Crippen molar-refractivity contribution in [1.29, 1.82) is 5.26 Å². The molecule has 1 heterocycles. The second-order valence-electron chi connectivity index (χ2n) is 4.50. The minimum absolute atomic E-state index is 0.173. The van der Waals surface area contributed by atoms with Gasteiger partial charge in [-0.2, -0.15) is 5.26 Å². The number of nitrogen functional groups attached to an aromatic ring is 1. The van der Waals surface area contributed by atoms with Crippen LogP contribution in [0.1, 0.15) is 11.3 Å². The third kappa shape index (κ3) is 2.58. The zero-order chi connectivity index (χ0) is 14.8. The van der Waals surface area contributed by atoms with Gasteiger partial charge in [0, 0.05) is 15.7 Å². The Kier molecular flexibility index (Phi) is 3.55. The van der Waals surface area contributed by atoms with Crippen LogP contribution in [-0.4, -0.2) is 0 Å². The molecule has 2 aromatic carbocycles. The number of rotatable bonds is 3. The number of halogens is 1. The van der Waals surface area contributed by atoms with Gasteiger partial charge < -0.3 is 14.9 Å². The van der Waals surface area contributed by atoms with Crippen molar-refractivity contribution in [2.75, 3.05) is 5.73 Å². The van der Waals surface area contributed by atoms with E-state index >= 15 is 0 Å². The number of nitrogens with two attached hydrogens (primary N) is 1. The summed E-state index contributed by atoms with van der Waals surface area (Å²) in [6, 6.07) is 15.0. The molecular weight excluding hydrogens is 332 g/mol. The molecule has 0 saturated heterocycles. The van der Waals surface area contributed by atoms with Crippen LogP contribution in [0.4, 0.5) is 5.69 Å². The summed E-state index contributed by atoms with van der Waals surface area (Å²) in [6.07, 6.45) is 0. The van der Waals surface area contributed by atoms with Gasteiger partial charge in [0.05, 0.1) is 5.39 Å². The van der Waals surface area contributed by atoms with Crippen LogP contribution in [0, 0.1) is 11.3 Å². The second-order valence-corrected chi connectivity index (χ2v) is 5.42. The summed E-state index contributed by atoms with van der Waals surface area (Å²) >= 11 is 3.36. The highest BCUT2D eigenvalue weighted by molar-refractivity contribution is 9.10. The molecule has 0 spiro atoms. The number of benzene rings is 2. The second kappa shape index (κ2) is 5.51. The molecule has 0 bridgehead atoms. The van der Waals surface area contributed by atoms with E-state index < -0.39 is 0 Å². The van der Waals surface area contributed by atoms with Crippen molar-refractivity contribution in [3.8, 4) is 11.8 Å². The molecule has 0 saturated carbocycles. The minimum atomic E-state index is 0.173. The molecule has 3 rings (SSSR count). The lowest BCUT2D eigenvalue weighted by atomic mass is 10.2. The largest absolute Gasteiger partial charge is 0.483 e. The van der Waals surface area contributed by atoms with E-state index in [0.717, 1.165) is 15.4 Å². The van der Waals surface area contributed by atoms with E-state index in [1.807, 2.05) is 42.5 Å². The molecular formula is C16H11BrN2O2. The highest BCUT2D eigenvalue weighted by Gasteiger charge is 2.15. The van der Waals surface area contributed by atoms with Crippen molar-refractivity contribution < 1.29 is 9.15 Å². The normalized spacial score (nSPS) is 10.5. The molecule has 0 fully saturated rings. The van der Waals surface area contributed by atoms with Crippen molar-refractivity contribution in [1.82, 2.24) is 0 Å². The Labute approximate surface area is 129 Å². The van der Waals surface area contributed by atoms with Gasteiger partial charge in [-0.1, -0.05) is 34.1 Å². The number of nitrogens with zero attached hydrogens (tertiary/aromatic N) is 1. The first-order valence-electron chi connectivity index (χ1n) is 6.27. The van der Waals surface area contributed by atoms with Crippen LogP contribution in [0.5, 0.6) is 5.75 Å². The molecule has 5 heteroatoms. The van der Waals surface area contributed by atoms with Crippen LogP contribution in [0.25, 0.3) is 11.0 Å². The van der Waals surface area contributed by atoms with Crippen molar-refractivity contribution in [3.63, 3.8) is 0 Å². The van der Waals surface area contributed by atoms with Gasteiger partial charge in [0.2, 0.25) is 5.76 Å². The van der Waals surface area contributed by atoms with Gasteiger partial charge >= 0.3 is 0 Å². The highest BCUT2D eigenvalue weighted by atomic mass is 79.9. The van der Waals surface area contributed by atoms with E-state index in [1.54, 1.807) is 6.07 Å². The SMILES string of the molecule is N#Cc1oc2ccccc2c1OCc1ccc(Br)cc1N. The van der Waals surface area contributed by atoms with E-state index in [0.29, 0.717) is 17.0 Å². The molecule has 2 N–H and O–H groups in total. The topological polar surface area (TPSA) is 72.2 Å². The fourth-order valence-electron chi connectivity index (χ4n) is 2.09. The fourth-order valence-corrected chi connectivity index (χ4v) is 2.46. The summed E-state index contributed by atoms with van der Waals surface area (Å²) in [5.41, 5.74) is 8.07. The number of furan rings is 1. The molecule has 4 nitrogen and oxygen atoms in total. The van der Waals surface area contributed by atoms with Crippen LogP contribution >= 0.6 is 15.9 Å². The predicted molar refractivity (Wildman–Crippen MR) is 83.8 cm³/mol. The Morgan fingerprint density at radius 2 is 2.05 bits per heavy atom. The van der Waals surface area contributed by atoms with Gasteiger partial charge in [-0.3, -0.25) is 0 Å². The Bertz CT molecular complexity index is 849. The molecule has 104 valence electrons. The lowest BCUT2D eigenvalue weighted by Crippen LogP contribution is -2.00. The average molecular weight is 343 g/mol. The Morgan fingerprint density at radius 1 is 1.24 bits per heavy atom. The minimum Gasteiger partial charge on any atom is -0.483 e. The van der Waals surface area contributed by atoms with Gasteiger partial charge in [0.25, 0.3) is 0 Å². The lowest BCUT2D eigenvalue weighted by Gasteiger charge is -2.08. The zero-order valence-corrected chi connectivity index (χ0v) is 12.6. The molecule has 21 heavy (non-hydrogen) atoms. The maximum Gasteiger partial charge on any atom is 0.246 e. The maximum absolute atomic E-state index is 9.15. The summed E-state index contributed by atoms with van der Waals surface area (Å²) in [4.78, 5) is 0. The molecule has 0 atom stereocenters. The third-order valence-corrected chi connectivity index (χ3v) is 3.62. The standard InChI is InChI=1S/C16H11BrN2O2/c17-11-6-5-10(13(19)7-11)9-20-16-12-3-1-2-4-14(12)21-15(16)8-18/h1-7H,9,19H2. The summed E-state index contributed by atoms with van der Waals surface area (Å²) in [7, 11) is 0. The molecule has 0 radical (unpaired) electrons. The van der Waals surface area contributed by atoms with Crippen LogP contribution in [0.15, 0.2) is 51.4 Å². The number of hydrogen-bond acceptors (Lipinski definition) is 4. The van der Waals surface area contributed by atoms with E-state index in [2.05, 4.69) is 15.9 Å². The monoisotopic (exact) mass is 342 g/mol. The van der Waals surface area contributed by atoms with Crippen molar-refractivity contribution >= 4 is 32.6 Å².